The number of nitrogens with one attached hydrogen (secondary N) is 1. The van der Waals surface area contributed by atoms with Crippen LogP contribution < -0.4 is 5.32 Å². The summed E-state index contributed by atoms with van der Waals surface area (Å²) in [5, 5.41) is 3.65. The second kappa shape index (κ2) is 7.04. The van der Waals surface area contributed by atoms with Gasteiger partial charge in [-0.15, -0.1) is 0 Å². The zero-order valence-electron chi connectivity index (χ0n) is 12.1. The van der Waals surface area contributed by atoms with Crippen LogP contribution in [-0.4, -0.2) is 56.5 Å². The molecule has 19 heavy (non-hydrogen) atoms. The van der Waals surface area contributed by atoms with Crippen LogP contribution in [0.2, 0.25) is 0 Å². The summed E-state index contributed by atoms with van der Waals surface area (Å²) >= 11 is 0. The van der Waals surface area contributed by atoms with E-state index in [0.717, 1.165) is 25.6 Å². The van der Waals surface area contributed by atoms with Crippen molar-refractivity contribution in [2.45, 2.75) is 57.5 Å². The molecule has 1 saturated heterocycles. The molecule has 0 radical (unpaired) electrons. The standard InChI is InChI=1S/C14H28N2O2S/c1-13-12-19(17,18)11-10-16(13)9-5-8-15-14-6-3-2-4-7-14/h13-15H,2-12H2,1H3. The molecule has 1 saturated carbocycles. The van der Waals surface area contributed by atoms with Crippen LogP contribution >= 0.6 is 0 Å². The van der Waals surface area contributed by atoms with E-state index in [2.05, 4.69) is 10.2 Å². The maximum atomic E-state index is 11.5. The molecule has 0 aromatic carbocycles. The molecule has 1 aliphatic heterocycles. The summed E-state index contributed by atoms with van der Waals surface area (Å²) in [6, 6.07) is 0.918. The van der Waals surface area contributed by atoms with Gasteiger partial charge in [0.1, 0.15) is 0 Å². The molecule has 0 bridgehead atoms. The van der Waals surface area contributed by atoms with E-state index in [4.69, 9.17) is 0 Å². The van der Waals surface area contributed by atoms with Gasteiger partial charge in [-0.3, -0.25) is 4.90 Å². The van der Waals surface area contributed by atoms with Gasteiger partial charge in [0, 0.05) is 18.6 Å². The third-order valence-corrected chi connectivity index (χ3v) is 6.26. The first kappa shape index (κ1) is 15.3. The topological polar surface area (TPSA) is 49.4 Å². The lowest BCUT2D eigenvalue weighted by molar-refractivity contribution is 0.221. The van der Waals surface area contributed by atoms with E-state index >= 15 is 0 Å². The Morgan fingerprint density at radius 1 is 1.21 bits per heavy atom. The van der Waals surface area contributed by atoms with Gasteiger partial charge >= 0.3 is 0 Å². The number of nitrogens with zero attached hydrogens (tertiary/aromatic N) is 1. The Hall–Kier alpha value is -0.130. The Kier molecular flexibility index (Phi) is 5.66. The zero-order valence-corrected chi connectivity index (χ0v) is 12.9. The van der Waals surface area contributed by atoms with Crippen LogP contribution in [0.4, 0.5) is 0 Å². The van der Waals surface area contributed by atoms with Crippen LogP contribution in [0.5, 0.6) is 0 Å². The Labute approximate surface area is 117 Å². The van der Waals surface area contributed by atoms with Crippen molar-refractivity contribution in [3.8, 4) is 0 Å². The van der Waals surface area contributed by atoms with Crippen molar-refractivity contribution in [2.75, 3.05) is 31.1 Å². The van der Waals surface area contributed by atoms with Crippen molar-refractivity contribution >= 4 is 9.84 Å². The molecule has 2 fully saturated rings. The minimum atomic E-state index is -2.77. The molecule has 2 rings (SSSR count). The van der Waals surface area contributed by atoms with Crippen molar-refractivity contribution in [3.63, 3.8) is 0 Å². The molecule has 2 aliphatic rings. The lowest BCUT2D eigenvalue weighted by Crippen LogP contribution is -2.47. The molecular weight excluding hydrogens is 260 g/mol. The molecule has 1 atom stereocenters. The van der Waals surface area contributed by atoms with Crippen LogP contribution in [0.25, 0.3) is 0 Å². The Balaban J connectivity index is 1.60. The van der Waals surface area contributed by atoms with Gasteiger partial charge in [0.05, 0.1) is 11.5 Å². The molecule has 1 aliphatic carbocycles. The predicted octanol–water partition coefficient (Wildman–Crippen LogP) is 1.42. The third-order valence-electron chi connectivity index (χ3n) is 4.47. The molecule has 0 amide bonds. The smallest absolute Gasteiger partial charge is 0.153 e. The first-order valence-electron chi connectivity index (χ1n) is 7.75. The quantitative estimate of drug-likeness (QED) is 0.777. The first-order valence-corrected chi connectivity index (χ1v) is 9.57. The highest BCUT2D eigenvalue weighted by Crippen LogP contribution is 2.17. The van der Waals surface area contributed by atoms with Gasteiger partial charge in [0.15, 0.2) is 9.84 Å². The fourth-order valence-electron chi connectivity index (χ4n) is 3.26. The van der Waals surface area contributed by atoms with Gasteiger partial charge in [-0.1, -0.05) is 19.3 Å². The SMILES string of the molecule is CC1CS(=O)(=O)CCN1CCCNC1CCCCC1. The highest BCUT2D eigenvalue weighted by atomic mass is 32.2. The normalized spacial score (nSPS) is 29.4. The highest BCUT2D eigenvalue weighted by Gasteiger charge is 2.27. The van der Waals surface area contributed by atoms with E-state index in [1.807, 2.05) is 6.92 Å². The average Bonchev–Trinajstić information content (AvgIpc) is 2.37. The van der Waals surface area contributed by atoms with E-state index in [0.29, 0.717) is 18.1 Å². The maximum absolute atomic E-state index is 11.5. The highest BCUT2D eigenvalue weighted by molar-refractivity contribution is 7.91. The van der Waals surface area contributed by atoms with Gasteiger partial charge in [-0.25, -0.2) is 8.42 Å². The molecule has 0 aromatic rings. The molecule has 5 heteroatoms. The van der Waals surface area contributed by atoms with Crippen LogP contribution in [0, 0.1) is 0 Å². The van der Waals surface area contributed by atoms with Gasteiger partial charge in [-0.05, 0) is 39.3 Å². The van der Waals surface area contributed by atoms with Crippen molar-refractivity contribution in [1.82, 2.24) is 10.2 Å². The van der Waals surface area contributed by atoms with Crippen molar-refractivity contribution in [3.05, 3.63) is 0 Å². The second-order valence-corrected chi connectivity index (χ2v) is 8.37. The summed E-state index contributed by atoms with van der Waals surface area (Å²) in [6.45, 7) is 4.84. The van der Waals surface area contributed by atoms with E-state index < -0.39 is 9.84 Å². The molecule has 0 spiro atoms. The van der Waals surface area contributed by atoms with Gasteiger partial charge in [0.2, 0.25) is 0 Å². The largest absolute Gasteiger partial charge is 0.314 e. The predicted molar refractivity (Wildman–Crippen MR) is 79.2 cm³/mol. The molecule has 1 unspecified atom stereocenters. The molecule has 1 heterocycles. The second-order valence-electron chi connectivity index (χ2n) is 6.14. The van der Waals surface area contributed by atoms with Gasteiger partial charge in [0.25, 0.3) is 0 Å². The van der Waals surface area contributed by atoms with Gasteiger partial charge in [-0.2, -0.15) is 0 Å². The van der Waals surface area contributed by atoms with Crippen molar-refractivity contribution in [1.29, 1.82) is 0 Å². The third kappa shape index (κ3) is 5.04. The van der Waals surface area contributed by atoms with Crippen LogP contribution in [0.3, 0.4) is 0 Å². The van der Waals surface area contributed by atoms with Gasteiger partial charge < -0.3 is 5.32 Å². The lowest BCUT2D eigenvalue weighted by Gasteiger charge is -2.33. The fraction of sp³-hybridized carbons (Fsp3) is 1.00. The molecule has 1 N–H and O–H groups in total. The number of hydrogen-bond donors (Lipinski definition) is 1. The van der Waals surface area contributed by atoms with E-state index in [9.17, 15) is 8.42 Å². The zero-order chi connectivity index (χ0) is 13.7. The van der Waals surface area contributed by atoms with Crippen LogP contribution in [0.15, 0.2) is 0 Å². The Morgan fingerprint density at radius 3 is 2.63 bits per heavy atom. The van der Waals surface area contributed by atoms with Crippen molar-refractivity contribution < 1.29 is 8.42 Å². The molecular formula is C14H28N2O2S. The van der Waals surface area contributed by atoms with Crippen molar-refractivity contribution in [2.24, 2.45) is 0 Å². The molecule has 0 aromatic heterocycles. The summed E-state index contributed by atoms with van der Waals surface area (Å²) in [5.41, 5.74) is 0. The number of hydrogen-bond acceptors (Lipinski definition) is 4. The summed E-state index contributed by atoms with van der Waals surface area (Å²) in [4.78, 5) is 2.32. The first-order chi connectivity index (χ1) is 9.07. The maximum Gasteiger partial charge on any atom is 0.153 e. The summed E-state index contributed by atoms with van der Waals surface area (Å²) in [6.07, 6.45) is 7.94. The summed E-state index contributed by atoms with van der Waals surface area (Å²) in [7, 11) is -2.77. The summed E-state index contributed by atoms with van der Waals surface area (Å²) < 4.78 is 23.0. The fourth-order valence-corrected chi connectivity index (χ4v) is 4.89. The van der Waals surface area contributed by atoms with E-state index in [-0.39, 0.29) is 6.04 Å². The van der Waals surface area contributed by atoms with E-state index in [1.165, 1.54) is 32.1 Å². The monoisotopic (exact) mass is 288 g/mol. The Morgan fingerprint density at radius 2 is 1.95 bits per heavy atom. The summed E-state index contributed by atoms with van der Waals surface area (Å²) in [5.74, 6) is 0.677. The van der Waals surface area contributed by atoms with Crippen LogP contribution in [-0.2, 0) is 9.84 Å². The lowest BCUT2D eigenvalue weighted by atomic mass is 9.95. The number of rotatable bonds is 5. The average molecular weight is 288 g/mol. The molecule has 4 nitrogen and oxygen atoms in total. The minimum absolute atomic E-state index is 0.188. The number of sulfone groups is 1. The van der Waals surface area contributed by atoms with Crippen LogP contribution in [0.1, 0.15) is 45.4 Å². The van der Waals surface area contributed by atoms with E-state index in [1.54, 1.807) is 0 Å². The Bertz CT molecular complexity index is 364. The minimum Gasteiger partial charge on any atom is -0.314 e. The molecule has 112 valence electrons.